The quantitative estimate of drug-likeness (QED) is 0.155. The molecule has 0 saturated carbocycles. The summed E-state index contributed by atoms with van der Waals surface area (Å²) in [6, 6.07) is 26.9. The molecule has 0 bridgehead atoms. The second-order valence-corrected chi connectivity index (χ2v) is 14.0. The van der Waals surface area contributed by atoms with Crippen LogP contribution in [0.3, 0.4) is 0 Å². The summed E-state index contributed by atoms with van der Waals surface area (Å²) in [6.45, 7) is 3.68. The van der Waals surface area contributed by atoms with Crippen molar-refractivity contribution >= 4 is 55.1 Å². The van der Waals surface area contributed by atoms with E-state index in [9.17, 15) is 18.0 Å². The monoisotopic (exact) mass is 725 g/mol. The predicted molar refractivity (Wildman–Crippen MR) is 186 cm³/mol. The van der Waals surface area contributed by atoms with Crippen LogP contribution in [-0.2, 0) is 32.6 Å². The molecule has 8 nitrogen and oxygen atoms in total. The van der Waals surface area contributed by atoms with Crippen LogP contribution in [0.15, 0.2) is 106 Å². The minimum atomic E-state index is -4.31. The van der Waals surface area contributed by atoms with Crippen molar-refractivity contribution in [3.05, 3.63) is 123 Å². The van der Waals surface area contributed by atoms with Gasteiger partial charge in [-0.2, -0.15) is 0 Å². The highest BCUT2D eigenvalue weighted by molar-refractivity contribution is 9.10. The minimum Gasteiger partial charge on any atom is -0.495 e. The van der Waals surface area contributed by atoms with E-state index in [4.69, 9.17) is 16.3 Å². The van der Waals surface area contributed by atoms with Crippen molar-refractivity contribution in [3.8, 4) is 5.75 Å². The summed E-state index contributed by atoms with van der Waals surface area (Å²) in [5, 5.41) is 3.21. The van der Waals surface area contributed by atoms with E-state index >= 15 is 0 Å². The van der Waals surface area contributed by atoms with Gasteiger partial charge in [0.05, 0.1) is 17.7 Å². The van der Waals surface area contributed by atoms with Crippen LogP contribution in [0, 0.1) is 6.92 Å². The summed E-state index contributed by atoms with van der Waals surface area (Å²) in [7, 11) is -2.89. The molecule has 0 fully saturated rings. The maximum atomic E-state index is 14.6. The lowest BCUT2D eigenvalue weighted by Gasteiger charge is -2.34. The van der Waals surface area contributed by atoms with Gasteiger partial charge in [0.25, 0.3) is 10.0 Å². The van der Waals surface area contributed by atoms with Gasteiger partial charge in [0.2, 0.25) is 11.8 Å². The fourth-order valence-corrected chi connectivity index (χ4v) is 6.76. The zero-order valence-electron chi connectivity index (χ0n) is 26.0. The molecule has 0 aliphatic carbocycles. The van der Waals surface area contributed by atoms with E-state index < -0.39 is 28.5 Å². The fourth-order valence-electron chi connectivity index (χ4n) is 4.92. The smallest absolute Gasteiger partial charge is 0.264 e. The van der Waals surface area contributed by atoms with Gasteiger partial charge in [0.1, 0.15) is 18.3 Å². The van der Waals surface area contributed by atoms with Crippen LogP contribution in [0.2, 0.25) is 5.02 Å². The summed E-state index contributed by atoms with van der Waals surface area (Å²) in [6.07, 6.45) is 0.936. The number of methoxy groups -OCH3 is 1. The van der Waals surface area contributed by atoms with Gasteiger partial charge < -0.3 is 15.0 Å². The number of ether oxygens (including phenoxy) is 1. The first-order valence-corrected chi connectivity index (χ1v) is 17.4. The van der Waals surface area contributed by atoms with E-state index in [1.165, 1.54) is 30.2 Å². The van der Waals surface area contributed by atoms with E-state index in [1.54, 1.807) is 24.3 Å². The Morgan fingerprint density at radius 3 is 2.24 bits per heavy atom. The Labute approximate surface area is 284 Å². The number of hydrogen-bond acceptors (Lipinski definition) is 5. The van der Waals surface area contributed by atoms with Crippen LogP contribution in [-0.4, -0.2) is 51.4 Å². The SMILES string of the molecule is CCCNC(=O)C(Cc1ccccc1)N(Cc1ccc(Br)cc1)C(=O)CN(c1cc(Cl)ccc1OC)S(=O)(=O)c1ccc(C)cc1. The normalized spacial score (nSPS) is 11.8. The minimum absolute atomic E-state index is 0.00564. The predicted octanol–water partition coefficient (Wildman–Crippen LogP) is 6.78. The summed E-state index contributed by atoms with van der Waals surface area (Å²) >= 11 is 9.81. The van der Waals surface area contributed by atoms with Crippen molar-refractivity contribution in [2.24, 2.45) is 0 Å². The number of carbonyl (C=O) groups excluding carboxylic acids is 2. The van der Waals surface area contributed by atoms with Gasteiger partial charge in [-0.05, 0) is 66.9 Å². The van der Waals surface area contributed by atoms with Crippen LogP contribution >= 0.6 is 27.5 Å². The van der Waals surface area contributed by atoms with Gasteiger partial charge in [-0.1, -0.05) is 94.6 Å². The summed E-state index contributed by atoms with van der Waals surface area (Å²) in [5.74, 6) is -0.688. The highest BCUT2D eigenvalue weighted by Gasteiger charge is 2.35. The van der Waals surface area contributed by atoms with E-state index in [0.717, 1.165) is 25.5 Å². The number of benzene rings is 4. The lowest BCUT2D eigenvalue weighted by atomic mass is 10.0. The lowest BCUT2D eigenvalue weighted by Crippen LogP contribution is -2.53. The number of amides is 2. The third kappa shape index (κ3) is 8.90. The van der Waals surface area contributed by atoms with E-state index in [2.05, 4.69) is 21.2 Å². The maximum Gasteiger partial charge on any atom is 0.264 e. The number of hydrogen-bond donors (Lipinski definition) is 1. The molecule has 46 heavy (non-hydrogen) atoms. The number of carbonyl (C=O) groups is 2. The van der Waals surface area contributed by atoms with Gasteiger partial charge in [0, 0.05) is 29.0 Å². The average molecular weight is 727 g/mol. The molecular weight excluding hydrogens is 690 g/mol. The topological polar surface area (TPSA) is 96.0 Å². The number of aryl methyl sites for hydroxylation is 1. The van der Waals surface area contributed by atoms with E-state index in [-0.39, 0.29) is 40.2 Å². The fraction of sp³-hybridized carbons (Fsp3) is 0.257. The standard InChI is InChI=1S/C35H37BrClN3O5S/c1-4-20-38-35(42)32(21-26-8-6-5-7-9-26)39(23-27-12-14-28(36)15-13-27)34(41)24-40(31-22-29(37)16-19-33(31)45-3)46(43,44)30-17-10-25(2)11-18-30/h5-19,22,32H,4,20-21,23-24H2,1-3H3,(H,38,42). The van der Waals surface area contributed by atoms with E-state index in [0.29, 0.717) is 13.0 Å². The van der Waals surface area contributed by atoms with Gasteiger partial charge in [-0.25, -0.2) is 8.42 Å². The Balaban J connectivity index is 1.84. The Morgan fingerprint density at radius 1 is 0.935 bits per heavy atom. The van der Waals surface area contributed by atoms with Crippen molar-refractivity contribution in [3.63, 3.8) is 0 Å². The molecule has 4 aromatic carbocycles. The highest BCUT2D eigenvalue weighted by Crippen LogP contribution is 2.35. The molecule has 11 heteroatoms. The van der Waals surface area contributed by atoms with Crippen LogP contribution in [0.4, 0.5) is 5.69 Å². The van der Waals surface area contributed by atoms with Crippen molar-refractivity contribution in [1.29, 1.82) is 0 Å². The second-order valence-electron chi connectivity index (χ2n) is 10.8. The number of rotatable bonds is 14. The van der Waals surface area contributed by atoms with Gasteiger partial charge in [0.15, 0.2) is 0 Å². The van der Waals surface area contributed by atoms with Crippen molar-refractivity contribution in [1.82, 2.24) is 10.2 Å². The summed E-state index contributed by atoms with van der Waals surface area (Å²) in [4.78, 5) is 29.8. The average Bonchev–Trinajstić information content (AvgIpc) is 3.05. The Kier molecular flexibility index (Phi) is 12.3. The first-order chi connectivity index (χ1) is 22.0. The molecule has 0 radical (unpaired) electrons. The van der Waals surface area contributed by atoms with Crippen molar-refractivity contribution in [2.75, 3.05) is 24.5 Å². The third-order valence-corrected chi connectivity index (χ3v) is 9.92. The molecule has 4 rings (SSSR count). The molecule has 0 spiro atoms. The second kappa shape index (κ2) is 16.1. The third-order valence-electron chi connectivity index (χ3n) is 7.38. The molecule has 0 saturated heterocycles. The first-order valence-electron chi connectivity index (χ1n) is 14.8. The van der Waals surface area contributed by atoms with Crippen LogP contribution in [0.5, 0.6) is 5.75 Å². The highest BCUT2D eigenvalue weighted by atomic mass is 79.9. The summed E-state index contributed by atoms with van der Waals surface area (Å²) < 4.78 is 36.0. The molecular formula is C35H37BrClN3O5S. The molecule has 0 heterocycles. The van der Waals surface area contributed by atoms with Gasteiger partial charge in [-0.15, -0.1) is 0 Å². The Bertz CT molecular complexity index is 1740. The Morgan fingerprint density at radius 2 is 1.61 bits per heavy atom. The molecule has 1 atom stereocenters. The largest absolute Gasteiger partial charge is 0.495 e. The van der Waals surface area contributed by atoms with E-state index in [1.807, 2.05) is 68.4 Å². The number of sulfonamides is 1. The number of nitrogens with zero attached hydrogens (tertiary/aromatic N) is 2. The Hall–Kier alpha value is -3.86. The van der Waals surface area contributed by atoms with Crippen molar-refractivity contribution < 1.29 is 22.7 Å². The van der Waals surface area contributed by atoms with Crippen LogP contribution in [0.1, 0.15) is 30.0 Å². The number of nitrogens with one attached hydrogen (secondary N) is 1. The molecule has 1 N–H and O–H groups in total. The molecule has 2 amide bonds. The molecule has 242 valence electrons. The number of anilines is 1. The zero-order chi connectivity index (χ0) is 33.3. The van der Waals surface area contributed by atoms with Crippen molar-refractivity contribution in [2.45, 2.75) is 44.2 Å². The van der Waals surface area contributed by atoms with Gasteiger partial charge in [-0.3, -0.25) is 13.9 Å². The first kappa shape index (κ1) is 35.0. The summed E-state index contributed by atoms with van der Waals surface area (Å²) in [5.41, 5.74) is 2.60. The molecule has 0 aliphatic rings. The molecule has 0 aliphatic heterocycles. The number of halogens is 2. The molecule has 4 aromatic rings. The lowest BCUT2D eigenvalue weighted by molar-refractivity contribution is -0.140. The zero-order valence-corrected chi connectivity index (χ0v) is 29.1. The molecule has 0 aromatic heterocycles. The van der Waals surface area contributed by atoms with Gasteiger partial charge >= 0.3 is 0 Å². The van der Waals surface area contributed by atoms with Crippen LogP contribution in [0.25, 0.3) is 0 Å². The maximum absolute atomic E-state index is 14.6. The van der Waals surface area contributed by atoms with Crippen LogP contribution < -0.4 is 14.4 Å². The molecule has 1 unspecified atom stereocenters.